The number of ether oxygens (including phenoxy) is 1. The second-order valence-corrected chi connectivity index (χ2v) is 5.39. The summed E-state index contributed by atoms with van der Waals surface area (Å²) in [5.74, 6) is 0.845. The fourth-order valence-corrected chi connectivity index (χ4v) is 2.09. The van der Waals surface area contributed by atoms with E-state index in [1.165, 1.54) is 0 Å². The van der Waals surface area contributed by atoms with Gasteiger partial charge in [-0.1, -0.05) is 0 Å². The monoisotopic (exact) mass is 179 g/mol. The first-order valence-corrected chi connectivity index (χ1v) is 5.84. The van der Waals surface area contributed by atoms with Crippen molar-refractivity contribution in [3.8, 4) is 0 Å². The van der Waals surface area contributed by atoms with Crippen LogP contribution in [0.25, 0.3) is 0 Å². The Morgan fingerprint density at radius 2 is 2.09 bits per heavy atom. The lowest BCUT2D eigenvalue weighted by Gasteiger charge is -2.11. The fraction of sp³-hybridized carbons (Fsp3) is 1.00. The highest BCUT2D eigenvalue weighted by molar-refractivity contribution is 7.95. The molecule has 1 saturated heterocycles. The normalized spacial score (nSPS) is 38.5. The van der Waals surface area contributed by atoms with Crippen LogP contribution in [-0.2, 0) is 15.6 Å². The maximum atomic E-state index is 9.34. The highest BCUT2D eigenvalue weighted by atomic mass is 32.2. The summed E-state index contributed by atoms with van der Waals surface area (Å²) in [5, 5.41) is 18.4. The largest absolute Gasteiger partial charge is 0.388 e. The molecule has 0 aromatic carbocycles. The van der Waals surface area contributed by atoms with Crippen LogP contribution in [0.3, 0.4) is 0 Å². The molecule has 1 fully saturated rings. The average Bonchev–Trinajstić information content (AvgIpc) is 2.18. The van der Waals surface area contributed by atoms with E-state index < -0.39 is 12.2 Å². The van der Waals surface area contributed by atoms with Gasteiger partial charge in [0.1, 0.15) is 24.1 Å². The van der Waals surface area contributed by atoms with Crippen LogP contribution in [-0.4, -0.2) is 53.4 Å². The van der Waals surface area contributed by atoms with Crippen molar-refractivity contribution in [2.24, 2.45) is 0 Å². The molecule has 0 amide bonds. The van der Waals surface area contributed by atoms with Gasteiger partial charge in [0, 0.05) is 0 Å². The number of hydrogen-bond acceptors (Lipinski definition) is 3. The van der Waals surface area contributed by atoms with Crippen molar-refractivity contribution in [3.05, 3.63) is 0 Å². The molecule has 1 rings (SSSR count). The van der Waals surface area contributed by atoms with E-state index in [-0.39, 0.29) is 23.6 Å². The van der Waals surface area contributed by atoms with Gasteiger partial charge in [0.05, 0.1) is 19.1 Å². The van der Waals surface area contributed by atoms with E-state index in [9.17, 15) is 5.11 Å². The topological polar surface area (TPSA) is 49.7 Å². The highest BCUT2D eigenvalue weighted by Gasteiger charge is 2.37. The van der Waals surface area contributed by atoms with Crippen LogP contribution in [0.15, 0.2) is 0 Å². The van der Waals surface area contributed by atoms with Gasteiger partial charge in [-0.3, -0.25) is 0 Å². The second kappa shape index (κ2) is 3.76. The summed E-state index contributed by atoms with van der Waals surface area (Å²) < 4.78 is 5.20. The van der Waals surface area contributed by atoms with Crippen molar-refractivity contribution in [1.82, 2.24) is 0 Å². The summed E-state index contributed by atoms with van der Waals surface area (Å²) in [5.41, 5.74) is 0. The Morgan fingerprint density at radius 1 is 1.45 bits per heavy atom. The predicted molar refractivity (Wildman–Crippen MR) is 45.8 cm³/mol. The molecule has 3 atom stereocenters. The van der Waals surface area contributed by atoms with Crippen LogP contribution >= 0.6 is 0 Å². The molecule has 0 spiro atoms. The van der Waals surface area contributed by atoms with E-state index in [0.29, 0.717) is 0 Å². The van der Waals surface area contributed by atoms with E-state index in [0.717, 1.165) is 5.75 Å². The molecule has 0 saturated carbocycles. The zero-order valence-electron chi connectivity index (χ0n) is 6.86. The molecular weight excluding hydrogens is 164 g/mol. The molecule has 1 aliphatic rings. The lowest BCUT2D eigenvalue weighted by atomic mass is 10.2. The number of aliphatic hydroxyl groups excluding tert-OH is 2. The SMILES string of the molecule is C[S+](C)C[C@H]1OC[C@H](O)[C@@H]1O. The van der Waals surface area contributed by atoms with Gasteiger partial charge in [-0.15, -0.1) is 0 Å². The molecule has 66 valence electrons. The first-order valence-electron chi connectivity index (χ1n) is 3.63. The molecule has 4 heteroatoms. The second-order valence-electron chi connectivity index (χ2n) is 3.08. The Bertz CT molecular complexity index is 129. The first-order chi connectivity index (χ1) is 5.11. The molecule has 3 nitrogen and oxygen atoms in total. The van der Waals surface area contributed by atoms with Crippen LogP contribution in [0.2, 0.25) is 0 Å². The summed E-state index contributed by atoms with van der Waals surface area (Å²) in [7, 11) is 0.263. The zero-order valence-corrected chi connectivity index (χ0v) is 7.67. The van der Waals surface area contributed by atoms with Crippen LogP contribution in [0.5, 0.6) is 0 Å². The standard InChI is InChI=1S/C7H15O3S/c1-11(2)4-6-7(9)5(8)3-10-6/h5-9H,3-4H2,1-2H3/q+1/t5-,6+,7-/m0/s1. The molecule has 0 bridgehead atoms. The summed E-state index contributed by atoms with van der Waals surface area (Å²) in [6, 6.07) is 0. The molecule has 0 radical (unpaired) electrons. The zero-order chi connectivity index (χ0) is 8.43. The quantitative estimate of drug-likeness (QED) is 0.534. The molecule has 1 aliphatic heterocycles. The number of aliphatic hydroxyl groups is 2. The molecule has 0 aliphatic carbocycles. The summed E-state index contributed by atoms with van der Waals surface area (Å²) in [6.45, 7) is 0.281. The van der Waals surface area contributed by atoms with E-state index in [4.69, 9.17) is 9.84 Å². The lowest BCUT2D eigenvalue weighted by molar-refractivity contribution is 0.0335. The average molecular weight is 179 g/mol. The Labute approximate surface area is 69.7 Å². The van der Waals surface area contributed by atoms with Gasteiger partial charge in [0.2, 0.25) is 0 Å². The molecule has 0 aromatic rings. The minimum absolute atomic E-state index is 0.150. The van der Waals surface area contributed by atoms with Gasteiger partial charge in [-0.25, -0.2) is 0 Å². The maximum absolute atomic E-state index is 9.34. The molecular formula is C7H15O3S+. The van der Waals surface area contributed by atoms with Crippen LogP contribution in [0, 0.1) is 0 Å². The van der Waals surface area contributed by atoms with Crippen molar-refractivity contribution >= 4 is 10.9 Å². The van der Waals surface area contributed by atoms with E-state index in [2.05, 4.69) is 12.5 Å². The van der Waals surface area contributed by atoms with E-state index >= 15 is 0 Å². The van der Waals surface area contributed by atoms with E-state index in [1.54, 1.807) is 0 Å². The van der Waals surface area contributed by atoms with Crippen LogP contribution in [0.4, 0.5) is 0 Å². The van der Waals surface area contributed by atoms with Crippen molar-refractivity contribution in [1.29, 1.82) is 0 Å². The minimum Gasteiger partial charge on any atom is -0.388 e. The Kier molecular flexibility index (Phi) is 3.18. The van der Waals surface area contributed by atoms with Gasteiger partial charge in [-0.2, -0.15) is 0 Å². The van der Waals surface area contributed by atoms with Gasteiger partial charge in [0.15, 0.2) is 0 Å². The van der Waals surface area contributed by atoms with Crippen molar-refractivity contribution in [3.63, 3.8) is 0 Å². The van der Waals surface area contributed by atoms with Gasteiger partial charge in [-0.05, 0) is 10.9 Å². The summed E-state index contributed by atoms with van der Waals surface area (Å²) in [6.07, 6.45) is 2.69. The molecule has 0 aromatic heterocycles. The van der Waals surface area contributed by atoms with Crippen molar-refractivity contribution in [2.45, 2.75) is 18.3 Å². The van der Waals surface area contributed by atoms with Gasteiger partial charge >= 0.3 is 0 Å². The van der Waals surface area contributed by atoms with Crippen LogP contribution < -0.4 is 0 Å². The summed E-state index contributed by atoms with van der Waals surface area (Å²) in [4.78, 5) is 0. The Balaban J connectivity index is 2.36. The number of rotatable bonds is 2. The molecule has 2 N–H and O–H groups in total. The first kappa shape index (κ1) is 9.32. The summed E-state index contributed by atoms with van der Waals surface area (Å²) >= 11 is 0. The van der Waals surface area contributed by atoms with Gasteiger partial charge in [0.25, 0.3) is 0 Å². The third-order valence-electron chi connectivity index (χ3n) is 1.75. The lowest BCUT2D eigenvalue weighted by Crippen LogP contribution is -2.34. The third-order valence-corrected chi connectivity index (χ3v) is 2.75. The smallest absolute Gasteiger partial charge is 0.136 e. The van der Waals surface area contributed by atoms with E-state index in [1.807, 2.05) is 0 Å². The van der Waals surface area contributed by atoms with Crippen LogP contribution in [0.1, 0.15) is 0 Å². The Morgan fingerprint density at radius 3 is 2.45 bits per heavy atom. The predicted octanol–water partition coefficient (Wildman–Crippen LogP) is -1.02. The number of hydrogen-bond donors (Lipinski definition) is 2. The van der Waals surface area contributed by atoms with Crippen molar-refractivity contribution in [2.75, 3.05) is 24.9 Å². The Hall–Kier alpha value is 0.230. The molecule has 0 unspecified atom stereocenters. The highest BCUT2D eigenvalue weighted by Crippen LogP contribution is 2.15. The molecule has 1 heterocycles. The van der Waals surface area contributed by atoms with Gasteiger partial charge < -0.3 is 14.9 Å². The third kappa shape index (κ3) is 2.33. The fourth-order valence-electron chi connectivity index (χ4n) is 1.14. The minimum atomic E-state index is -0.677. The van der Waals surface area contributed by atoms with Crippen molar-refractivity contribution < 1.29 is 14.9 Å². The molecule has 11 heavy (non-hydrogen) atoms. The maximum Gasteiger partial charge on any atom is 0.136 e.